The molecule has 0 aromatic heterocycles. The molecule has 0 aromatic rings. The molecule has 1 saturated carbocycles. The highest BCUT2D eigenvalue weighted by atomic mass is 15.2. The summed E-state index contributed by atoms with van der Waals surface area (Å²) in [5.41, 5.74) is 0. The molecule has 1 aliphatic carbocycles. The van der Waals surface area contributed by atoms with Gasteiger partial charge in [0, 0.05) is 32.2 Å². The lowest BCUT2D eigenvalue weighted by Gasteiger charge is -2.32. The zero-order chi connectivity index (χ0) is 8.39. The summed E-state index contributed by atoms with van der Waals surface area (Å²) in [5, 5.41) is 1.69. The highest BCUT2D eigenvalue weighted by Gasteiger charge is 2.22. The Morgan fingerprint density at radius 2 is 1.82 bits per heavy atom. The Kier molecular flexibility index (Phi) is 2.08. The molecule has 2 aliphatic rings. The first-order chi connectivity index (χ1) is 5.86. The van der Waals surface area contributed by atoms with Crippen LogP contribution in [0.5, 0.6) is 0 Å². The van der Waals surface area contributed by atoms with Crippen LogP contribution < -0.4 is 5.31 Å². The lowest BCUT2D eigenvalue weighted by molar-refractivity contribution is 0.175. The molecule has 0 bridgehead atoms. The molecule has 1 N–H and O–H groups in total. The zero-order valence-corrected chi connectivity index (χ0v) is 7.13. The van der Waals surface area contributed by atoms with Gasteiger partial charge in [-0.15, -0.1) is 0 Å². The van der Waals surface area contributed by atoms with E-state index in [4.69, 9.17) is 1.41 Å². The van der Waals surface area contributed by atoms with E-state index in [-0.39, 0.29) is 0 Å². The van der Waals surface area contributed by atoms with E-state index in [9.17, 15) is 0 Å². The van der Waals surface area contributed by atoms with Crippen LogP contribution in [0.25, 0.3) is 0 Å². The number of nitrogens with one attached hydrogen (secondary N) is 1. The van der Waals surface area contributed by atoms with Crippen LogP contribution in [-0.4, -0.2) is 37.1 Å². The molecule has 2 nitrogen and oxygen atoms in total. The maximum absolute atomic E-state index is 7.44. The van der Waals surface area contributed by atoms with Gasteiger partial charge >= 0.3 is 0 Å². The molecule has 2 rings (SSSR count). The predicted molar refractivity (Wildman–Crippen MR) is 46.7 cm³/mol. The number of rotatable bonds is 1. The van der Waals surface area contributed by atoms with E-state index in [1.165, 1.54) is 25.7 Å². The molecular formula is C9H18N2. The van der Waals surface area contributed by atoms with Crippen molar-refractivity contribution in [3.8, 4) is 0 Å². The number of piperazine rings is 1. The summed E-state index contributed by atoms with van der Waals surface area (Å²) in [4.78, 5) is 2.58. The van der Waals surface area contributed by atoms with Crippen LogP contribution in [0.2, 0.25) is 1.41 Å². The summed E-state index contributed by atoms with van der Waals surface area (Å²) in [7, 11) is 0. The second kappa shape index (κ2) is 3.55. The molecule has 0 amide bonds. The Hall–Kier alpha value is -0.0800. The van der Waals surface area contributed by atoms with Crippen LogP contribution in [0.15, 0.2) is 0 Å². The molecule has 0 unspecified atom stereocenters. The van der Waals surface area contributed by atoms with Crippen molar-refractivity contribution in [2.75, 3.05) is 26.2 Å². The molecule has 2 fully saturated rings. The normalized spacial score (nSPS) is 32.5. The number of hydrogen-bond donors (Lipinski definition) is 1. The van der Waals surface area contributed by atoms with Gasteiger partial charge in [0.05, 0.1) is 0 Å². The maximum Gasteiger partial charge on any atom is 0.122 e. The summed E-state index contributed by atoms with van der Waals surface area (Å²) in [6.45, 7) is 4.12. The molecule has 1 saturated heterocycles. The minimum Gasteiger partial charge on any atom is -0.314 e. The van der Waals surface area contributed by atoms with E-state index in [1.54, 1.807) is 5.31 Å². The molecule has 1 heterocycles. The zero-order valence-electron chi connectivity index (χ0n) is 8.13. The number of hydrogen-bond acceptors (Lipinski definition) is 2. The van der Waals surface area contributed by atoms with Crippen molar-refractivity contribution < 1.29 is 1.41 Å². The highest BCUT2D eigenvalue weighted by molar-refractivity contribution is 4.80. The van der Waals surface area contributed by atoms with Crippen molar-refractivity contribution in [3.05, 3.63) is 0 Å². The first kappa shape index (κ1) is 6.44. The van der Waals surface area contributed by atoms with Gasteiger partial charge in [-0.05, 0) is 12.8 Å². The lowest BCUT2D eigenvalue weighted by Crippen LogP contribution is -2.47. The van der Waals surface area contributed by atoms with Crippen molar-refractivity contribution in [2.24, 2.45) is 0 Å². The van der Waals surface area contributed by atoms with E-state index < -0.39 is 0 Å². The van der Waals surface area contributed by atoms with Crippen molar-refractivity contribution >= 4 is 0 Å². The standard InChI is InChI=1S/C9H18N2/c1-2-4-9(3-1)11-7-5-10-6-8-11/h9-10H,1-8H2/i/hD. The van der Waals surface area contributed by atoms with Gasteiger partial charge in [-0.2, -0.15) is 0 Å². The minimum atomic E-state index is 0.860. The second-order valence-electron chi connectivity index (χ2n) is 3.65. The molecule has 64 valence electrons. The van der Waals surface area contributed by atoms with Crippen LogP contribution in [0.1, 0.15) is 25.7 Å². The molecule has 2 heteroatoms. The van der Waals surface area contributed by atoms with Crippen molar-refractivity contribution in [1.29, 1.82) is 0 Å². The SMILES string of the molecule is [2H]N1CCN(C2CCCC2)CC1. The molecule has 1 aliphatic heterocycles. The number of nitrogens with zero attached hydrogens (tertiary/aromatic N) is 1. The average molecular weight is 155 g/mol. The van der Waals surface area contributed by atoms with Gasteiger partial charge in [-0.25, -0.2) is 0 Å². The van der Waals surface area contributed by atoms with Gasteiger partial charge in [0.1, 0.15) is 1.41 Å². The van der Waals surface area contributed by atoms with E-state index in [0.717, 1.165) is 32.2 Å². The van der Waals surface area contributed by atoms with E-state index in [2.05, 4.69) is 4.90 Å². The third kappa shape index (κ3) is 1.74. The Morgan fingerprint density at radius 1 is 1.18 bits per heavy atom. The molecule has 11 heavy (non-hydrogen) atoms. The van der Waals surface area contributed by atoms with E-state index in [0.29, 0.717) is 0 Å². The third-order valence-corrected chi connectivity index (χ3v) is 2.93. The molecular weight excluding hydrogens is 136 g/mol. The summed E-state index contributed by atoms with van der Waals surface area (Å²) in [5.74, 6) is 0. The predicted octanol–water partition coefficient (Wildman–Crippen LogP) is 0.834. The Labute approximate surface area is 70.4 Å². The van der Waals surface area contributed by atoms with E-state index >= 15 is 0 Å². The second-order valence-corrected chi connectivity index (χ2v) is 3.65. The quantitative estimate of drug-likeness (QED) is 0.603. The van der Waals surface area contributed by atoms with Crippen molar-refractivity contribution in [3.63, 3.8) is 0 Å². The molecule has 0 aromatic carbocycles. The van der Waals surface area contributed by atoms with Crippen LogP contribution in [-0.2, 0) is 0 Å². The van der Waals surface area contributed by atoms with E-state index in [1.807, 2.05) is 0 Å². The van der Waals surface area contributed by atoms with Gasteiger partial charge in [0.2, 0.25) is 0 Å². The highest BCUT2D eigenvalue weighted by Crippen LogP contribution is 2.23. The van der Waals surface area contributed by atoms with Gasteiger partial charge in [-0.1, -0.05) is 12.8 Å². The fraction of sp³-hybridized carbons (Fsp3) is 1.00. The molecule has 0 spiro atoms. The molecule has 0 radical (unpaired) electrons. The fourth-order valence-corrected chi connectivity index (χ4v) is 2.26. The smallest absolute Gasteiger partial charge is 0.122 e. The minimum absolute atomic E-state index is 0.860. The summed E-state index contributed by atoms with van der Waals surface area (Å²) in [6.07, 6.45) is 5.65. The monoisotopic (exact) mass is 155 g/mol. The first-order valence-electron chi connectivity index (χ1n) is 5.29. The van der Waals surface area contributed by atoms with Gasteiger partial charge in [0.15, 0.2) is 0 Å². The van der Waals surface area contributed by atoms with Gasteiger partial charge in [-0.3, -0.25) is 4.90 Å². The Bertz CT molecular complexity index is 137. The Balaban J connectivity index is 1.80. The van der Waals surface area contributed by atoms with Crippen molar-refractivity contribution in [1.82, 2.24) is 10.2 Å². The maximum atomic E-state index is 7.44. The van der Waals surface area contributed by atoms with Crippen molar-refractivity contribution in [2.45, 2.75) is 31.7 Å². The van der Waals surface area contributed by atoms with Crippen LogP contribution in [0.4, 0.5) is 0 Å². The summed E-state index contributed by atoms with van der Waals surface area (Å²) in [6, 6.07) is 0.860. The van der Waals surface area contributed by atoms with Crippen LogP contribution in [0.3, 0.4) is 0 Å². The topological polar surface area (TPSA) is 15.3 Å². The van der Waals surface area contributed by atoms with Gasteiger partial charge in [0.25, 0.3) is 0 Å². The van der Waals surface area contributed by atoms with Gasteiger partial charge < -0.3 is 5.31 Å². The average Bonchev–Trinajstić information content (AvgIpc) is 2.58. The third-order valence-electron chi connectivity index (χ3n) is 2.93. The van der Waals surface area contributed by atoms with Crippen LogP contribution in [0, 0.1) is 0 Å². The van der Waals surface area contributed by atoms with Crippen LogP contribution >= 0.6 is 0 Å². The Morgan fingerprint density at radius 3 is 2.45 bits per heavy atom. The molecule has 0 atom stereocenters. The largest absolute Gasteiger partial charge is 0.314 e. The lowest BCUT2D eigenvalue weighted by atomic mass is 10.2. The summed E-state index contributed by atoms with van der Waals surface area (Å²) < 4.78 is 7.44. The fourth-order valence-electron chi connectivity index (χ4n) is 2.26. The summed E-state index contributed by atoms with van der Waals surface area (Å²) >= 11 is 0. The first-order valence-corrected chi connectivity index (χ1v) is 4.84.